The van der Waals surface area contributed by atoms with Gasteiger partial charge in [0.2, 0.25) is 21.8 Å². The summed E-state index contributed by atoms with van der Waals surface area (Å²) >= 11 is 0. The number of hydrogen-bond acceptors (Lipinski definition) is 6. The van der Waals surface area contributed by atoms with Gasteiger partial charge in [-0.25, -0.2) is 8.42 Å². The number of rotatable bonds is 13. The number of carbonyl (C=O) groups is 2. The lowest BCUT2D eigenvalue weighted by molar-refractivity contribution is -0.141. The molecule has 0 unspecified atom stereocenters. The number of anilines is 1. The van der Waals surface area contributed by atoms with Crippen molar-refractivity contribution in [1.29, 1.82) is 0 Å². The van der Waals surface area contributed by atoms with E-state index in [1.807, 2.05) is 61.5 Å². The Hall–Kier alpha value is -4.05. The number of nitrogens with one attached hydrogen (secondary N) is 1. The van der Waals surface area contributed by atoms with Crippen molar-refractivity contribution in [2.24, 2.45) is 0 Å². The number of ether oxygens (including phenoxy) is 2. The zero-order valence-electron chi connectivity index (χ0n) is 26.1. The van der Waals surface area contributed by atoms with Crippen molar-refractivity contribution in [3.05, 3.63) is 89.5 Å². The average Bonchev–Trinajstić information content (AvgIpc) is 3.54. The van der Waals surface area contributed by atoms with Gasteiger partial charge < -0.3 is 19.7 Å². The maximum absolute atomic E-state index is 14.1. The summed E-state index contributed by atoms with van der Waals surface area (Å²) in [4.78, 5) is 29.7. The molecule has 1 saturated carbocycles. The number of hydrogen-bond donors (Lipinski definition) is 1. The van der Waals surface area contributed by atoms with Crippen molar-refractivity contribution < 1.29 is 27.5 Å². The van der Waals surface area contributed by atoms with Gasteiger partial charge in [-0.1, -0.05) is 73.0 Å². The monoisotopic (exact) mass is 633 g/mol. The summed E-state index contributed by atoms with van der Waals surface area (Å²) < 4.78 is 38.2. The molecule has 1 aliphatic carbocycles. The van der Waals surface area contributed by atoms with Crippen LogP contribution in [0.15, 0.2) is 72.8 Å². The zero-order chi connectivity index (χ0) is 31.8. The maximum atomic E-state index is 14.1. The molecule has 1 aliphatic heterocycles. The van der Waals surface area contributed by atoms with Crippen LogP contribution < -0.4 is 19.1 Å². The van der Waals surface area contributed by atoms with Gasteiger partial charge in [0.1, 0.15) is 19.3 Å². The van der Waals surface area contributed by atoms with E-state index in [9.17, 15) is 18.0 Å². The molecule has 0 spiro atoms. The van der Waals surface area contributed by atoms with E-state index in [0.717, 1.165) is 48.6 Å². The molecule has 5 rings (SSSR count). The van der Waals surface area contributed by atoms with Crippen LogP contribution >= 0.6 is 0 Å². The van der Waals surface area contributed by atoms with Crippen LogP contribution in [0.1, 0.15) is 55.2 Å². The first-order chi connectivity index (χ1) is 21.7. The normalized spacial score (nSPS) is 15.3. The Kier molecular flexibility index (Phi) is 10.7. The SMILES string of the molecule is Cc1ccc(CN(C(=O)CCCN(c2ccc3c(c2)OCCO3)S(C)(=O)=O)[C@H](Cc2ccccc2)C(=O)NC2CCCC2)cc1. The minimum Gasteiger partial charge on any atom is -0.486 e. The van der Waals surface area contributed by atoms with E-state index in [0.29, 0.717) is 36.8 Å². The fraction of sp³-hybridized carbons (Fsp3) is 0.429. The third kappa shape index (κ3) is 8.78. The zero-order valence-corrected chi connectivity index (χ0v) is 26.9. The van der Waals surface area contributed by atoms with Crippen molar-refractivity contribution in [3.8, 4) is 11.5 Å². The molecule has 45 heavy (non-hydrogen) atoms. The Labute approximate surface area is 266 Å². The van der Waals surface area contributed by atoms with Crippen LogP contribution in [-0.4, -0.2) is 63.2 Å². The standard InChI is InChI=1S/C35H43N3O6S/c1-26-14-16-28(17-15-26)25-37(31(23-27-9-4-3-5-10-27)35(40)36-29-11-6-7-12-29)34(39)13-8-20-38(45(2,41)42)30-18-19-32-33(24-30)44-22-21-43-32/h3-5,9-10,14-19,24,29,31H,6-8,11-13,20-23,25H2,1-2H3,(H,36,40)/t31-/m1/s1. The summed E-state index contributed by atoms with van der Waals surface area (Å²) in [5.74, 6) is 0.708. The molecule has 9 nitrogen and oxygen atoms in total. The minimum atomic E-state index is -3.65. The highest BCUT2D eigenvalue weighted by atomic mass is 32.2. The first-order valence-electron chi connectivity index (χ1n) is 15.7. The molecule has 0 bridgehead atoms. The predicted molar refractivity (Wildman–Crippen MR) is 175 cm³/mol. The van der Waals surface area contributed by atoms with E-state index >= 15 is 0 Å². The van der Waals surface area contributed by atoms with E-state index in [1.54, 1.807) is 23.1 Å². The van der Waals surface area contributed by atoms with Crippen molar-refractivity contribution in [1.82, 2.24) is 10.2 Å². The molecule has 0 aromatic heterocycles. The second-order valence-corrected chi connectivity index (χ2v) is 13.9. The summed E-state index contributed by atoms with van der Waals surface area (Å²) in [6.45, 7) is 3.20. The lowest BCUT2D eigenvalue weighted by Crippen LogP contribution is -2.52. The van der Waals surface area contributed by atoms with Crippen LogP contribution in [0.5, 0.6) is 11.5 Å². The number of aryl methyl sites for hydroxylation is 1. The van der Waals surface area contributed by atoms with Crippen molar-refractivity contribution in [2.75, 3.05) is 30.3 Å². The van der Waals surface area contributed by atoms with Crippen LogP contribution in [0.3, 0.4) is 0 Å². The van der Waals surface area contributed by atoms with Gasteiger partial charge in [0.15, 0.2) is 11.5 Å². The fourth-order valence-electron chi connectivity index (χ4n) is 6.00. The van der Waals surface area contributed by atoms with Crippen LogP contribution in [-0.2, 0) is 32.6 Å². The summed E-state index contributed by atoms with van der Waals surface area (Å²) in [7, 11) is -3.65. The first-order valence-corrected chi connectivity index (χ1v) is 17.6. The molecular weight excluding hydrogens is 590 g/mol. The number of benzene rings is 3. The van der Waals surface area contributed by atoms with Crippen molar-refractivity contribution in [3.63, 3.8) is 0 Å². The Bertz CT molecular complexity index is 1560. The molecule has 3 aromatic rings. The lowest BCUT2D eigenvalue weighted by atomic mass is 10.0. The number of amides is 2. The quantitative estimate of drug-likeness (QED) is 0.284. The van der Waals surface area contributed by atoms with Crippen LogP contribution in [0, 0.1) is 6.92 Å². The fourth-order valence-corrected chi connectivity index (χ4v) is 6.96. The van der Waals surface area contributed by atoms with Gasteiger partial charge in [0.25, 0.3) is 0 Å². The highest BCUT2D eigenvalue weighted by Gasteiger charge is 2.32. The van der Waals surface area contributed by atoms with Crippen LogP contribution in [0.25, 0.3) is 0 Å². The molecule has 2 aliphatic rings. The third-order valence-electron chi connectivity index (χ3n) is 8.41. The molecule has 0 radical (unpaired) electrons. The molecular formula is C35H43N3O6S. The number of sulfonamides is 1. The van der Waals surface area contributed by atoms with Gasteiger partial charge >= 0.3 is 0 Å². The van der Waals surface area contributed by atoms with Crippen LogP contribution in [0.2, 0.25) is 0 Å². The van der Waals surface area contributed by atoms with Crippen molar-refractivity contribution in [2.45, 2.75) is 70.5 Å². The molecule has 2 amide bonds. The minimum absolute atomic E-state index is 0.0738. The highest BCUT2D eigenvalue weighted by molar-refractivity contribution is 7.92. The first kappa shape index (κ1) is 32.3. The molecule has 10 heteroatoms. The van der Waals surface area contributed by atoms with Gasteiger partial charge in [0, 0.05) is 38.0 Å². The molecule has 1 N–H and O–H groups in total. The Balaban J connectivity index is 1.37. The smallest absolute Gasteiger partial charge is 0.243 e. The maximum Gasteiger partial charge on any atom is 0.243 e. The number of fused-ring (bicyclic) bond motifs is 1. The lowest BCUT2D eigenvalue weighted by Gasteiger charge is -2.33. The Morgan fingerprint density at radius 1 is 0.911 bits per heavy atom. The van der Waals surface area contributed by atoms with Gasteiger partial charge in [-0.2, -0.15) is 0 Å². The Morgan fingerprint density at radius 3 is 2.29 bits per heavy atom. The molecule has 240 valence electrons. The highest BCUT2D eigenvalue weighted by Crippen LogP contribution is 2.35. The molecule has 1 atom stereocenters. The second-order valence-electron chi connectivity index (χ2n) is 12.0. The summed E-state index contributed by atoms with van der Waals surface area (Å²) in [5.41, 5.74) is 3.45. The van der Waals surface area contributed by atoms with E-state index in [4.69, 9.17) is 9.47 Å². The predicted octanol–water partition coefficient (Wildman–Crippen LogP) is 5.01. The molecule has 1 fully saturated rings. The summed E-state index contributed by atoms with van der Waals surface area (Å²) in [6, 6.07) is 22.2. The molecule has 0 saturated heterocycles. The van der Waals surface area contributed by atoms with E-state index in [1.165, 1.54) is 4.31 Å². The van der Waals surface area contributed by atoms with Crippen molar-refractivity contribution >= 4 is 27.5 Å². The largest absolute Gasteiger partial charge is 0.486 e. The third-order valence-corrected chi connectivity index (χ3v) is 9.61. The van der Waals surface area contributed by atoms with Gasteiger partial charge in [0.05, 0.1) is 11.9 Å². The van der Waals surface area contributed by atoms with E-state index < -0.39 is 16.1 Å². The van der Waals surface area contributed by atoms with Gasteiger partial charge in [-0.15, -0.1) is 0 Å². The number of nitrogens with zero attached hydrogens (tertiary/aromatic N) is 2. The summed E-state index contributed by atoms with van der Waals surface area (Å²) in [5, 5.41) is 3.23. The second kappa shape index (κ2) is 14.8. The van der Waals surface area contributed by atoms with E-state index in [-0.39, 0.29) is 43.8 Å². The van der Waals surface area contributed by atoms with Gasteiger partial charge in [-0.3, -0.25) is 13.9 Å². The average molecular weight is 634 g/mol. The van der Waals surface area contributed by atoms with Gasteiger partial charge in [-0.05, 0) is 49.4 Å². The molecule has 1 heterocycles. The molecule has 3 aromatic carbocycles. The van der Waals surface area contributed by atoms with Crippen LogP contribution in [0.4, 0.5) is 5.69 Å². The topological polar surface area (TPSA) is 105 Å². The number of carbonyl (C=O) groups excluding carboxylic acids is 2. The Morgan fingerprint density at radius 2 is 1.60 bits per heavy atom. The van der Waals surface area contributed by atoms with E-state index in [2.05, 4.69) is 5.32 Å². The summed E-state index contributed by atoms with van der Waals surface area (Å²) in [6.07, 6.45) is 5.93.